The van der Waals surface area contributed by atoms with Crippen LogP contribution in [0, 0.1) is 11.8 Å². The van der Waals surface area contributed by atoms with E-state index in [1.165, 1.54) is 0 Å². The molecule has 0 aromatic heterocycles. The van der Waals surface area contributed by atoms with E-state index in [2.05, 4.69) is 0 Å². The van der Waals surface area contributed by atoms with E-state index in [1.807, 2.05) is 13.8 Å². The highest BCUT2D eigenvalue weighted by Crippen LogP contribution is 2.37. The Balaban J connectivity index is 0.00000361. The summed E-state index contributed by atoms with van der Waals surface area (Å²) in [6.07, 6.45) is -3.75. The maximum atomic E-state index is 12.7. The Morgan fingerprint density at radius 2 is 2.00 bits per heavy atom. The topological polar surface area (TPSA) is 49.8 Å². The Kier molecular flexibility index (Phi) is 7.83. The van der Waals surface area contributed by atoms with E-state index >= 15 is 0 Å². The molecule has 1 aliphatic heterocycles. The lowest BCUT2D eigenvalue weighted by molar-refractivity contribution is -0.188. The van der Waals surface area contributed by atoms with Crippen molar-refractivity contribution in [1.29, 1.82) is 0 Å². The SMILES string of the molecule is CC(C)OCCCN1C[C@@H](C(F)(F)F)[C@H](C(=O)O)C1.Cl. The molecule has 20 heavy (non-hydrogen) atoms. The zero-order valence-corrected chi connectivity index (χ0v) is 12.3. The van der Waals surface area contributed by atoms with Gasteiger partial charge >= 0.3 is 12.1 Å². The van der Waals surface area contributed by atoms with Gasteiger partial charge in [0, 0.05) is 26.2 Å². The molecule has 120 valence electrons. The van der Waals surface area contributed by atoms with Gasteiger partial charge in [0.05, 0.1) is 17.9 Å². The first-order valence-electron chi connectivity index (χ1n) is 6.35. The van der Waals surface area contributed by atoms with Crippen LogP contribution < -0.4 is 0 Å². The van der Waals surface area contributed by atoms with Gasteiger partial charge in [-0.3, -0.25) is 4.79 Å². The van der Waals surface area contributed by atoms with Crippen molar-refractivity contribution < 1.29 is 27.8 Å². The molecule has 0 bridgehead atoms. The van der Waals surface area contributed by atoms with E-state index in [-0.39, 0.29) is 31.6 Å². The number of carboxylic acids is 1. The molecule has 8 heteroatoms. The average molecular weight is 320 g/mol. The number of hydrogen-bond acceptors (Lipinski definition) is 3. The van der Waals surface area contributed by atoms with Crippen molar-refractivity contribution >= 4 is 18.4 Å². The Morgan fingerprint density at radius 3 is 2.40 bits per heavy atom. The first-order chi connectivity index (χ1) is 8.71. The Labute approximate surface area is 122 Å². The van der Waals surface area contributed by atoms with Crippen LogP contribution in [0.4, 0.5) is 13.2 Å². The Hall–Kier alpha value is -0.530. The molecule has 0 aromatic rings. The van der Waals surface area contributed by atoms with Crippen molar-refractivity contribution in [1.82, 2.24) is 4.90 Å². The molecule has 1 fully saturated rings. The van der Waals surface area contributed by atoms with Crippen LogP contribution in [0.2, 0.25) is 0 Å². The van der Waals surface area contributed by atoms with E-state index in [0.29, 0.717) is 19.6 Å². The molecule has 2 atom stereocenters. The lowest BCUT2D eigenvalue weighted by Gasteiger charge is -2.18. The van der Waals surface area contributed by atoms with Crippen molar-refractivity contribution in [3.63, 3.8) is 0 Å². The molecule has 4 nitrogen and oxygen atoms in total. The Morgan fingerprint density at radius 1 is 1.40 bits per heavy atom. The lowest BCUT2D eigenvalue weighted by atomic mass is 9.96. The minimum absolute atomic E-state index is 0. The Bertz CT molecular complexity index is 313. The zero-order valence-electron chi connectivity index (χ0n) is 11.5. The van der Waals surface area contributed by atoms with Crippen LogP contribution in [0.15, 0.2) is 0 Å². The fourth-order valence-electron chi connectivity index (χ4n) is 2.26. The van der Waals surface area contributed by atoms with Gasteiger partial charge in [0.1, 0.15) is 0 Å². The molecule has 1 saturated heterocycles. The summed E-state index contributed by atoms with van der Waals surface area (Å²) in [6.45, 7) is 4.40. The predicted molar refractivity (Wildman–Crippen MR) is 70.1 cm³/mol. The second kappa shape index (κ2) is 8.05. The van der Waals surface area contributed by atoms with Gasteiger partial charge in [-0.25, -0.2) is 0 Å². The number of aliphatic carboxylic acids is 1. The number of halogens is 4. The first kappa shape index (κ1) is 19.5. The molecule has 0 spiro atoms. The molecule has 1 rings (SSSR count). The molecule has 1 aliphatic rings. The summed E-state index contributed by atoms with van der Waals surface area (Å²) in [7, 11) is 0. The fourth-order valence-corrected chi connectivity index (χ4v) is 2.26. The van der Waals surface area contributed by atoms with Crippen LogP contribution in [0.5, 0.6) is 0 Å². The fraction of sp³-hybridized carbons (Fsp3) is 0.917. The second-order valence-corrected chi connectivity index (χ2v) is 5.13. The van der Waals surface area contributed by atoms with E-state index in [0.717, 1.165) is 0 Å². The highest BCUT2D eigenvalue weighted by atomic mass is 35.5. The zero-order chi connectivity index (χ0) is 14.6. The quantitative estimate of drug-likeness (QED) is 0.764. The molecule has 1 heterocycles. The number of hydrogen-bond donors (Lipinski definition) is 1. The highest BCUT2D eigenvalue weighted by Gasteiger charge is 2.52. The van der Waals surface area contributed by atoms with Gasteiger partial charge in [0.15, 0.2) is 0 Å². The predicted octanol–water partition coefficient (Wildman–Crippen LogP) is 2.42. The largest absolute Gasteiger partial charge is 0.481 e. The molecular weight excluding hydrogens is 299 g/mol. The first-order valence-corrected chi connectivity index (χ1v) is 6.35. The molecule has 0 saturated carbocycles. The number of alkyl halides is 3. The van der Waals surface area contributed by atoms with Crippen LogP contribution in [-0.4, -0.2) is 54.5 Å². The van der Waals surface area contributed by atoms with Crippen molar-refractivity contribution in [2.75, 3.05) is 26.2 Å². The third-order valence-corrected chi connectivity index (χ3v) is 3.20. The number of likely N-dealkylation sites (tertiary alicyclic amines) is 1. The van der Waals surface area contributed by atoms with Crippen molar-refractivity contribution in [3.8, 4) is 0 Å². The average Bonchev–Trinajstić information content (AvgIpc) is 2.68. The number of ether oxygens (including phenoxy) is 1. The minimum atomic E-state index is -4.45. The summed E-state index contributed by atoms with van der Waals surface area (Å²) in [6, 6.07) is 0. The van der Waals surface area contributed by atoms with Crippen LogP contribution >= 0.6 is 12.4 Å². The minimum Gasteiger partial charge on any atom is -0.481 e. The molecule has 1 N–H and O–H groups in total. The van der Waals surface area contributed by atoms with Gasteiger partial charge < -0.3 is 14.7 Å². The number of nitrogens with zero attached hydrogens (tertiary/aromatic N) is 1. The summed E-state index contributed by atoms with van der Waals surface area (Å²) in [5, 5.41) is 8.86. The molecule has 0 radical (unpaired) electrons. The number of carbonyl (C=O) groups is 1. The third-order valence-electron chi connectivity index (χ3n) is 3.20. The highest BCUT2D eigenvalue weighted by molar-refractivity contribution is 5.85. The van der Waals surface area contributed by atoms with Crippen molar-refractivity contribution in [2.45, 2.75) is 32.5 Å². The van der Waals surface area contributed by atoms with Gasteiger partial charge in [0.2, 0.25) is 0 Å². The number of rotatable bonds is 6. The van der Waals surface area contributed by atoms with Gasteiger partial charge in [-0.05, 0) is 20.3 Å². The molecular formula is C12H21ClF3NO3. The molecule has 0 unspecified atom stereocenters. The monoisotopic (exact) mass is 319 g/mol. The maximum Gasteiger partial charge on any atom is 0.393 e. The van der Waals surface area contributed by atoms with Crippen molar-refractivity contribution in [2.24, 2.45) is 11.8 Å². The smallest absolute Gasteiger partial charge is 0.393 e. The summed E-state index contributed by atoms with van der Waals surface area (Å²) in [5.41, 5.74) is 0. The lowest BCUT2D eigenvalue weighted by Crippen LogP contribution is -2.33. The van der Waals surface area contributed by atoms with Crippen LogP contribution in [0.3, 0.4) is 0 Å². The van der Waals surface area contributed by atoms with Crippen molar-refractivity contribution in [3.05, 3.63) is 0 Å². The summed E-state index contributed by atoms with van der Waals surface area (Å²) in [4.78, 5) is 12.4. The molecule has 0 amide bonds. The third kappa shape index (κ3) is 5.85. The standard InChI is InChI=1S/C12H20F3NO3.ClH/c1-8(2)19-5-3-4-16-6-9(11(17)18)10(7-16)12(13,14)15;/h8-10H,3-7H2,1-2H3,(H,17,18);1H/t9-,10-;/m1./s1. The van der Waals surface area contributed by atoms with Gasteiger partial charge in [0.25, 0.3) is 0 Å². The van der Waals surface area contributed by atoms with E-state index in [9.17, 15) is 18.0 Å². The maximum absolute atomic E-state index is 12.7. The van der Waals surface area contributed by atoms with Crippen LogP contribution in [0.25, 0.3) is 0 Å². The van der Waals surface area contributed by atoms with Gasteiger partial charge in [-0.15, -0.1) is 12.4 Å². The van der Waals surface area contributed by atoms with E-state index < -0.39 is 24.0 Å². The number of carboxylic acid groups (broad SMARTS) is 1. The van der Waals surface area contributed by atoms with Gasteiger partial charge in [-0.1, -0.05) is 0 Å². The van der Waals surface area contributed by atoms with Crippen LogP contribution in [-0.2, 0) is 9.53 Å². The molecule has 0 aromatic carbocycles. The van der Waals surface area contributed by atoms with E-state index in [4.69, 9.17) is 9.84 Å². The van der Waals surface area contributed by atoms with Gasteiger partial charge in [-0.2, -0.15) is 13.2 Å². The van der Waals surface area contributed by atoms with E-state index in [1.54, 1.807) is 4.90 Å². The summed E-state index contributed by atoms with van der Waals surface area (Å²) >= 11 is 0. The molecule has 0 aliphatic carbocycles. The van der Waals surface area contributed by atoms with Crippen LogP contribution in [0.1, 0.15) is 20.3 Å². The summed E-state index contributed by atoms with van der Waals surface area (Å²) in [5.74, 6) is -4.50. The normalized spacial score (nSPS) is 23.9. The second-order valence-electron chi connectivity index (χ2n) is 5.13. The summed E-state index contributed by atoms with van der Waals surface area (Å²) < 4.78 is 43.5.